The van der Waals surface area contributed by atoms with E-state index in [1.54, 1.807) is 0 Å². The van der Waals surface area contributed by atoms with Crippen molar-refractivity contribution in [2.24, 2.45) is 0 Å². The second-order valence-electron chi connectivity index (χ2n) is 5.14. The van der Waals surface area contributed by atoms with Gasteiger partial charge in [-0.25, -0.2) is 0 Å². The molecule has 0 aliphatic carbocycles. The lowest BCUT2D eigenvalue weighted by Gasteiger charge is -2.08. The smallest absolute Gasteiger partial charge is 0.277 e. The Morgan fingerprint density at radius 1 is 1.33 bits per heavy atom. The lowest BCUT2D eigenvalue weighted by molar-refractivity contribution is -0.120. The predicted octanol–water partition coefficient (Wildman–Crippen LogP) is 2.81. The molecule has 1 aliphatic heterocycles. The summed E-state index contributed by atoms with van der Waals surface area (Å²) in [4.78, 5) is 11.9. The number of nitrogens with zero attached hydrogens (tertiary/aromatic N) is 2. The number of rotatable bonds is 3. The third-order valence-electron chi connectivity index (χ3n) is 3.40. The molecule has 0 radical (unpaired) electrons. The van der Waals surface area contributed by atoms with Crippen LogP contribution in [0.25, 0.3) is 11.5 Å². The molecular weight excluding hydrogens is 286 g/mol. The maximum Gasteiger partial charge on any atom is 0.277 e. The van der Waals surface area contributed by atoms with E-state index in [1.807, 2.05) is 31.2 Å². The number of hydrogen-bond donors (Lipinski definition) is 1. The molecular formula is C15H17N3O2S. The molecule has 2 aromatic rings. The van der Waals surface area contributed by atoms with Gasteiger partial charge in [-0.1, -0.05) is 35.9 Å². The first kappa shape index (κ1) is 14.1. The molecule has 6 heteroatoms. The van der Waals surface area contributed by atoms with Crippen molar-refractivity contribution in [3.05, 3.63) is 29.8 Å². The lowest BCUT2D eigenvalue weighted by atomic mass is 10.1. The fraction of sp³-hybridized carbons (Fsp3) is 0.400. The van der Waals surface area contributed by atoms with Gasteiger partial charge < -0.3 is 9.73 Å². The number of benzene rings is 1. The second-order valence-corrected chi connectivity index (χ2v) is 6.29. The Balaban J connectivity index is 1.74. The Bertz CT molecular complexity index is 641. The standard InChI is InChI=1S/C15H17N3O2S/c1-10-5-4-6-11(9-10)14-17-18-15(20-14)21-12-7-2-3-8-16-13(12)19/h4-6,9,12H,2-3,7-8H2,1H3,(H,16,19)/t12-/m1/s1. The first-order valence-corrected chi connectivity index (χ1v) is 7.95. The maximum atomic E-state index is 11.9. The van der Waals surface area contributed by atoms with E-state index in [4.69, 9.17) is 4.42 Å². The van der Waals surface area contributed by atoms with Gasteiger partial charge in [0.1, 0.15) is 0 Å². The van der Waals surface area contributed by atoms with Crippen LogP contribution in [-0.2, 0) is 4.79 Å². The molecule has 21 heavy (non-hydrogen) atoms. The number of thioether (sulfide) groups is 1. The van der Waals surface area contributed by atoms with E-state index in [0.29, 0.717) is 11.1 Å². The van der Waals surface area contributed by atoms with Crippen molar-refractivity contribution < 1.29 is 9.21 Å². The minimum atomic E-state index is -0.140. The fourth-order valence-corrected chi connectivity index (χ4v) is 3.23. The van der Waals surface area contributed by atoms with Gasteiger partial charge in [0.2, 0.25) is 11.8 Å². The zero-order chi connectivity index (χ0) is 14.7. The number of nitrogens with one attached hydrogen (secondary N) is 1. The summed E-state index contributed by atoms with van der Waals surface area (Å²) in [5.74, 6) is 0.558. The topological polar surface area (TPSA) is 68.0 Å². The van der Waals surface area contributed by atoms with Crippen molar-refractivity contribution in [2.45, 2.75) is 36.7 Å². The molecule has 3 rings (SSSR count). The van der Waals surface area contributed by atoms with Gasteiger partial charge in [-0.2, -0.15) is 0 Å². The molecule has 110 valence electrons. The third kappa shape index (κ3) is 3.44. The fourth-order valence-electron chi connectivity index (χ4n) is 2.30. The van der Waals surface area contributed by atoms with E-state index < -0.39 is 0 Å². The normalized spacial score (nSPS) is 19.1. The molecule has 1 fully saturated rings. The summed E-state index contributed by atoms with van der Waals surface area (Å²) in [6.07, 6.45) is 2.91. The van der Waals surface area contributed by atoms with Crippen molar-refractivity contribution in [1.82, 2.24) is 15.5 Å². The predicted molar refractivity (Wildman–Crippen MR) is 81.0 cm³/mol. The molecule has 1 N–H and O–H groups in total. The van der Waals surface area contributed by atoms with Crippen molar-refractivity contribution in [1.29, 1.82) is 0 Å². The summed E-state index contributed by atoms with van der Waals surface area (Å²) in [7, 11) is 0. The summed E-state index contributed by atoms with van der Waals surface area (Å²) >= 11 is 1.35. The van der Waals surface area contributed by atoms with Crippen LogP contribution < -0.4 is 5.32 Å². The minimum absolute atomic E-state index is 0.0628. The van der Waals surface area contributed by atoms with E-state index in [2.05, 4.69) is 15.5 Å². The third-order valence-corrected chi connectivity index (χ3v) is 4.50. The number of amides is 1. The van der Waals surface area contributed by atoms with Crippen molar-refractivity contribution in [3.8, 4) is 11.5 Å². The highest BCUT2D eigenvalue weighted by atomic mass is 32.2. The van der Waals surface area contributed by atoms with E-state index in [1.165, 1.54) is 11.8 Å². The molecule has 0 unspecified atom stereocenters. The summed E-state index contributed by atoms with van der Waals surface area (Å²) in [6.45, 7) is 2.78. The number of carbonyl (C=O) groups is 1. The highest BCUT2D eigenvalue weighted by molar-refractivity contribution is 8.00. The van der Waals surface area contributed by atoms with Crippen LogP contribution in [0.4, 0.5) is 0 Å². The van der Waals surface area contributed by atoms with Crippen molar-refractivity contribution in [3.63, 3.8) is 0 Å². The maximum absolute atomic E-state index is 11.9. The van der Waals surface area contributed by atoms with Crippen LogP contribution in [0, 0.1) is 6.92 Å². The molecule has 0 saturated carbocycles. The molecule has 1 amide bonds. The van der Waals surface area contributed by atoms with E-state index >= 15 is 0 Å². The average Bonchev–Trinajstić information content (AvgIpc) is 2.85. The first-order valence-electron chi connectivity index (χ1n) is 7.07. The first-order chi connectivity index (χ1) is 10.2. The van der Waals surface area contributed by atoms with Crippen LogP contribution in [-0.4, -0.2) is 27.9 Å². The van der Waals surface area contributed by atoms with Crippen LogP contribution in [0.5, 0.6) is 0 Å². The second kappa shape index (κ2) is 6.30. The number of aryl methyl sites for hydroxylation is 1. The summed E-state index contributed by atoms with van der Waals surface area (Å²) in [5, 5.41) is 11.3. The Kier molecular flexibility index (Phi) is 4.24. The Hall–Kier alpha value is -1.82. The van der Waals surface area contributed by atoms with Crippen LogP contribution in [0.1, 0.15) is 24.8 Å². The van der Waals surface area contributed by atoms with Crippen LogP contribution in [0.15, 0.2) is 33.9 Å². The lowest BCUT2D eigenvalue weighted by Crippen LogP contribution is -2.30. The Labute approximate surface area is 127 Å². The number of hydrogen-bond acceptors (Lipinski definition) is 5. The number of carbonyl (C=O) groups excluding carboxylic acids is 1. The van der Waals surface area contributed by atoms with Crippen LogP contribution >= 0.6 is 11.8 Å². The Morgan fingerprint density at radius 3 is 3.10 bits per heavy atom. The molecule has 5 nitrogen and oxygen atoms in total. The van der Waals surface area contributed by atoms with Crippen molar-refractivity contribution >= 4 is 17.7 Å². The SMILES string of the molecule is Cc1cccc(-c2nnc(S[C@@H]3CCCCNC3=O)o2)c1. The van der Waals surface area contributed by atoms with Gasteiger partial charge >= 0.3 is 0 Å². The highest BCUT2D eigenvalue weighted by Crippen LogP contribution is 2.29. The van der Waals surface area contributed by atoms with Crippen LogP contribution in [0.2, 0.25) is 0 Å². The molecule has 2 heterocycles. The van der Waals surface area contributed by atoms with Gasteiger partial charge in [0.15, 0.2) is 0 Å². The van der Waals surface area contributed by atoms with Crippen LogP contribution in [0.3, 0.4) is 0 Å². The number of aromatic nitrogens is 2. The van der Waals surface area contributed by atoms with Gasteiger partial charge in [-0.05, 0) is 31.9 Å². The molecule has 1 aromatic carbocycles. The molecule has 1 atom stereocenters. The minimum Gasteiger partial charge on any atom is -0.411 e. The summed E-state index contributed by atoms with van der Waals surface area (Å²) in [6, 6.07) is 7.92. The highest BCUT2D eigenvalue weighted by Gasteiger charge is 2.24. The molecule has 1 aromatic heterocycles. The molecule has 1 aliphatic rings. The monoisotopic (exact) mass is 303 g/mol. The van der Waals surface area contributed by atoms with E-state index in [0.717, 1.165) is 36.9 Å². The zero-order valence-electron chi connectivity index (χ0n) is 11.8. The molecule has 0 spiro atoms. The van der Waals surface area contributed by atoms with Gasteiger partial charge in [-0.3, -0.25) is 4.79 Å². The summed E-state index contributed by atoms with van der Waals surface area (Å²) < 4.78 is 5.68. The largest absolute Gasteiger partial charge is 0.411 e. The average molecular weight is 303 g/mol. The van der Waals surface area contributed by atoms with Gasteiger partial charge in [0.05, 0.1) is 5.25 Å². The molecule has 0 bridgehead atoms. The van der Waals surface area contributed by atoms with E-state index in [-0.39, 0.29) is 11.2 Å². The van der Waals surface area contributed by atoms with Gasteiger partial charge in [0, 0.05) is 12.1 Å². The van der Waals surface area contributed by atoms with Gasteiger partial charge in [0.25, 0.3) is 5.22 Å². The van der Waals surface area contributed by atoms with Crippen molar-refractivity contribution in [2.75, 3.05) is 6.54 Å². The molecule has 1 saturated heterocycles. The quantitative estimate of drug-likeness (QED) is 0.944. The Morgan fingerprint density at radius 2 is 2.24 bits per heavy atom. The van der Waals surface area contributed by atoms with Gasteiger partial charge in [-0.15, -0.1) is 10.2 Å². The summed E-state index contributed by atoms with van der Waals surface area (Å²) in [5.41, 5.74) is 2.04. The zero-order valence-corrected chi connectivity index (χ0v) is 12.7. The van der Waals surface area contributed by atoms with E-state index in [9.17, 15) is 4.79 Å².